The number of thiocarbonyl (C=S) groups is 1. The van der Waals surface area contributed by atoms with Crippen LogP contribution in [0.15, 0.2) is 54.9 Å². The lowest BCUT2D eigenvalue weighted by Gasteiger charge is -2.36. The molecule has 0 radical (unpaired) electrons. The van der Waals surface area contributed by atoms with Crippen molar-refractivity contribution in [3.8, 4) is 0 Å². The van der Waals surface area contributed by atoms with Crippen LogP contribution in [0.4, 0.5) is 14.5 Å². The van der Waals surface area contributed by atoms with Crippen molar-refractivity contribution in [1.29, 1.82) is 0 Å². The van der Waals surface area contributed by atoms with Crippen LogP contribution in [0.3, 0.4) is 0 Å². The van der Waals surface area contributed by atoms with Crippen molar-refractivity contribution in [1.82, 2.24) is 19.6 Å². The summed E-state index contributed by atoms with van der Waals surface area (Å²) in [5, 5.41) is 8.31. The molecule has 3 aromatic rings. The number of benzene rings is 2. The number of anilines is 1. The molecule has 2 aromatic carbocycles. The largest absolute Gasteiger partial charge is 0.346 e. The maximum Gasteiger partial charge on any atom is 0.173 e. The summed E-state index contributed by atoms with van der Waals surface area (Å²) in [7, 11) is 0. The first-order valence-electron chi connectivity index (χ1n) is 10.3. The molecule has 1 fully saturated rings. The summed E-state index contributed by atoms with van der Waals surface area (Å²) >= 11 is 5.57. The van der Waals surface area contributed by atoms with Crippen LogP contribution in [-0.4, -0.2) is 50.9 Å². The quantitative estimate of drug-likeness (QED) is 0.605. The standard InChI is InChI=1S/C23H25F2N5S/c1-17-5-7-18(8-6-17)14-30-16-20(13-26-30)27-23(31)29-11-9-28(10-12-29)15-19-3-2-4-21(24)22(19)25/h2-8,13,16H,9-12,14-15H2,1H3,(H,27,31). The van der Waals surface area contributed by atoms with Gasteiger partial charge < -0.3 is 10.2 Å². The second-order valence-corrected chi connectivity index (χ2v) is 8.21. The fraction of sp³-hybridized carbons (Fsp3) is 0.304. The molecule has 1 aliphatic heterocycles. The van der Waals surface area contributed by atoms with Crippen molar-refractivity contribution in [2.45, 2.75) is 20.0 Å². The van der Waals surface area contributed by atoms with Gasteiger partial charge in [0.1, 0.15) is 0 Å². The Morgan fingerprint density at radius 3 is 2.52 bits per heavy atom. The van der Waals surface area contributed by atoms with Gasteiger partial charge >= 0.3 is 0 Å². The van der Waals surface area contributed by atoms with Gasteiger partial charge in [-0.25, -0.2) is 8.78 Å². The van der Waals surface area contributed by atoms with Gasteiger partial charge in [-0.05, 0) is 30.8 Å². The molecule has 0 saturated carbocycles. The molecule has 0 aliphatic carbocycles. The fourth-order valence-electron chi connectivity index (χ4n) is 3.62. The molecule has 0 unspecified atom stereocenters. The van der Waals surface area contributed by atoms with Crippen molar-refractivity contribution in [2.24, 2.45) is 0 Å². The molecule has 0 bridgehead atoms. The molecule has 1 N–H and O–H groups in total. The van der Waals surface area contributed by atoms with Crippen LogP contribution in [0.5, 0.6) is 0 Å². The van der Waals surface area contributed by atoms with Crippen LogP contribution < -0.4 is 5.32 Å². The smallest absolute Gasteiger partial charge is 0.173 e. The van der Waals surface area contributed by atoms with Crippen LogP contribution in [0, 0.1) is 18.6 Å². The number of hydrogen-bond acceptors (Lipinski definition) is 3. The molecule has 0 atom stereocenters. The third-order valence-corrected chi connectivity index (χ3v) is 5.79. The fourth-order valence-corrected chi connectivity index (χ4v) is 3.92. The van der Waals surface area contributed by atoms with Gasteiger partial charge in [0.2, 0.25) is 0 Å². The molecule has 2 heterocycles. The molecule has 5 nitrogen and oxygen atoms in total. The van der Waals surface area contributed by atoms with E-state index in [0.717, 1.165) is 37.9 Å². The van der Waals surface area contributed by atoms with Gasteiger partial charge in [0, 0.05) is 44.5 Å². The second-order valence-electron chi connectivity index (χ2n) is 7.82. The zero-order chi connectivity index (χ0) is 21.8. The Morgan fingerprint density at radius 2 is 1.77 bits per heavy atom. The Balaban J connectivity index is 1.27. The molecule has 1 aliphatic rings. The molecule has 1 saturated heterocycles. The van der Waals surface area contributed by atoms with Crippen molar-refractivity contribution < 1.29 is 8.78 Å². The molecule has 0 amide bonds. The number of hydrogen-bond donors (Lipinski definition) is 1. The molecule has 0 spiro atoms. The van der Waals surface area contributed by atoms with E-state index in [4.69, 9.17) is 12.2 Å². The van der Waals surface area contributed by atoms with E-state index in [1.807, 2.05) is 10.9 Å². The minimum Gasteiger partial charge on any atom is -0.346 e. The highest BCUT2D eigenvalue weighted by Gasteiger charge is 2.21. The molecule has 31 heavy (non-hydrogen) atoms. The van der Waals surface area contributed by atoms with E-state index in [1.165, 1.54) is 11.1 Å². The Bertz CT molecular complexity index is 1040. The zero-order valence-electron chi connectivity index (χ0n) is 17.4. The first-order valence-corrected chi connectivity index (χ1v) is 10.7. The summed E-state index contributed by atoms with van der Waals surface area (Å²) in [5.74, 6) is -1.56. The number of nitrogens with one attached hydrogen (secondary N) is 1. The third-order valence-electron chi connectivity index (χ3n) is 5.43. The molecular formula is C23H25F2N5S. The van der Waals surface area contributed by atoms with Crippen LogP contribution in [0.2, 0.25) is 0 Å². The van der Waals surface area contributed by atoms with E-state index < -0.39 is 11.6 Å². The van der Waals surface area contributed by atoms with Crippen LogP contribution in [0.1, 0.15) is 16.7 Å². The predicted molar refractivity (Wildman–Crippen MR) is 122 cm³/mol. The average molecular weight is 442 g/mol. The summed E-state index contributed by atoms with van der Waals surface area (Å²) < 4.78 is 29.2. The first-order chi connectivity index (χ1) is 15.0. The third kappa shape index (κ3) is 5.45. The highest BCUT2D eigenvalue weighted by atomic mass is 32.1. The van der Waals surface area contributed by atoms with Crippen molar-refractivity contribution in [2.75, 3.05) is 31.5 Å². The maximum absolute atomic E-state index is 13.9. The molecular weight excluding hydrogens is 416 g/mol. The molecule has 8 heteroatoms. The number of piperazine rings is 1. The minimum atomic E-state index is -0.801. The lowest BCUT2D eigenvalue weighted by Crippen LogP contribution is -2.49. The van der Waals surface area contributed by atoms with Crippen LogP contribution in [0.25, 0.3) is 0 Å². The van der Waals surface area contributed by atoms with Crippen molar-refractivity contribution in [3.05, 3.63) is 83.2 Å². The number of halogens is 2. The lowest BCUT2D eigenvalue weighted by atomic mass is 10.1. The molecule has 162 valence electrons. The Labute approximate surface area is 186 Å². The Kier molecular flexibility index (Phi) is 6.58. The van der Waals surface area contributed by atoms with Crippen molar-refractivity contribution >= 4 is 23.0 Å². The van der Waals surface area contributed by atoms with Crippen molar-refractivity contribution in [3.63, 3.8) is 0 Å². The zero-order valence-corrected chi connectivity index (χ0v) is 18.2. The van der Waals surface area contributed by atoms with Gasteiger partial charge in [-0.1, -0.05) is 42.0 Å². The van der Waals surface area contributed by atoms with E-state index >= 15 is 0 Å². The minimum absolute atomic E-state index is 0.384. The highest BCUT2D eigenvalue weighted by molar-refractivity contribution is 7.80. The summed E-state index contributed by atoms with van der Waals surface area (Å²) in [6.07, 6.45) is 3.71. The van der Waals surface area contributed by atoms with Crippen LogP contribution in [-0.2, 0) is 13.1 Å². The highest BCUT2D eigenvalue weighted by Crippen LogP contribution is 2.16. The van der Waals surface area contributed by atoms with E-state index in [2.05, 4.69) is 51.4 Å². The molecule has 1 aromatic heterocycles. The Morgan fingerprint density at radius 1 is 1.03 bits per heavy atom. The summed E-state index contributed by atoms with van der Waals surface area (Å²) in [6, 6.07) is 12.7. The number of rotatable bonds is 5. The van der Waals surface area contributed by atoms with Gasteiger partial charge in [0.05, 0.1) is 18.4 Å². The topological polar surface area (TPSA) is 36.3 Å². The summed E-state index contributed by atoms with van der Waals surface area (Å²) in [4.78, 5) is 4.20. The van der Waals surface area contributed by atoms with E-state index in [-0.39, 0.29) is 0 Å². The van der Waals surface area contributed by atoms with E-state index in [1.54, 1.807) is 18.3 Å². The summed E-state index contributed by atoms with van der Waals surface area (Å²) in [5.41, 5.74) is 3.66. The molecule has 4 rings (SSSR count). The van der Waals surface area contributed by atoms with Crippen LogP contribution >= 0.6 is 12.2 Å². The van der Waals surface area contributed by atoms with E-state index in [0.29, 0.717) is 23.8 Å². The predicted octanol–water partition coefficient (Wildman–Crippen LogP) is 4.03. The number of aryl methyl sites for hydroxylation is 1. The maximum atomic E-state index is 13.9. The SMILES string of the molecule is Cc1ccc(Cn2cc(NC(=S)N3CCN(Cc4cccc(F)c4F)CC3)cn2)cc1. The summed E-state index contributed by atoms with van der Waals surface area (Å²) in [6.45, 7) is 6.06. The van der Waals surface area contributed by atoms with Gasteiger partial charge in [-0.3, -0.25) is 9.58 Å². The van der Waals surface area contributed by atoms with Gasteiger partial charge in [-0.2, -0.15) is 5.10 Å². The second kappa shape index (κ2) is 9.53. The number of nitrogens with zero attached hydrogens (tertiary/aromatic N) is 4. The number of aromatic nitrogens is 2. The average Bonchev–Trinajstić information content (AvgIpc) is 3.20. The Hall–Kier alpha value is -2.84. The lowest BCUT2D eigenvalue weighted by molar-refractivity contribution is 0.175. The van der Waals surface area contributed by atoms with Gasteiger partial charge in [0.25, 0.3) is 0 Å². The monoisotopic (exact) mass is 441 g/mol. The van der Waals surface area contributed by atoms with E-state index in [9.17, 15) is 8.78 Å². The normalized spacial score (nSPS) is 14.6. The van der Waals surface area contributed by atoms with Gasteiger partial charge in [0.15, 0.2) is 16.7 Å². The van der Waals surface area contributed by atoms with Gasteiger partial charge in [-0.15, -0.1) is 0 Å². The first kappa shape index (κ1) is 21.4.